The first kappa shape index (κ1) is 21.0. The zero-order valence-corrected chi connectivity index (χ0v) is 16.9. The van der Waals surface area contributed by atoms with E-state index < -0.39 is 11.4 Å². The second kappa shape index (κ2) is 8.77. The SMILES string of the molecule is COc1ccc(CCNC(=O)Cc2c(C)c3ccc(O)c(O)c3oc2=O)cc1OC. The number of carbonyl (C=O) groups is 1. The Morgan fingerprint density at radius 1 is 1.10 bits per heavy atom. The molecule has 1 amide bonds. The molecule has 8 heteroatoms. The van der Waals surface area contributed by atoms with Crippen LogP contribution >= 0.6 is 0 Å². The van der Waals surface area contributed by atoms with Crippen LogP contribution < -0.4 is 20.4 Å². The van der Waals surface area contributed by atoms with Crippen molar-refractivity contribution in [2.75, 3.05) is 20.8 Å². The molecule has 2 aromatic carbocycles. The summed E-state index contributed by atoms with van der Waals surface area (Å²) >= 11 is 0. The number of methoxy groups -OCH3 is 2. The van der Waals surface area contributed by atoms with Gasteiger partial charge in [-0.2, -0.15) is 0 Å². The van der Waals surface area contributed by atoms with Gasteiger partial charge in [0.05, 0.1) is 26.2 Å². The van der Waals surface area contributed by atoms with Crippen LogP contribution in [0.15, 0.2) is 39.5 Å². The number of carbonyl (C=O) groups excluding carboxylic acids is 1. The molecule has 0 atom stereocenters. The Bertz CT molecular complexity index is 1150. The molecule has 0 bridgehead atoms. The van der Waals surface area contributed by atoms with E-state index in [4.69, 9.17) is 13.9 Å². The van der Waals surface area contributed by atoms with E-state index in [1.165, 1.54) is 12.1 Å². The van der Waals surface area contributed by atoms with E-state index in [2.05, 4.69) is 5.32 Å². The third-order valence-electron chi connectivity index (χ3n) is 4.93. The molecule has 0 aliphatic rings. The first-order valence-electron chi connectivity index (χ1n) is 9.30. The van der Waals surface area contributed by atoms with E-state index in [0.717, 1.165) is 5.56 Å². The van der Waals surface area contributed by atoms with Crippen molar-refractivity contribution in [1.29, 1.82) is 0 Å². The van der Waals surface area contributed by atoms with Gasteiger partial charge in [-0.15, -0.1) is 0 Å². The highest BCUT2D eigenvalue weighted by Crippen LogP contribution is 2.34. The summed E-state index contributed by atoms with van der Waals surface area (Å²) < 4.78 is 15.6. The Hall–Kier alpha value is -3.68. The van der Waals surface area contributed by atoms with Gasteiger partial charge in [-0.05, 0) is 48.7 Å². The summed E-state index contributed by atoms with van der Waals surface area (Å²) in [4.78, 5) is 24.7. The molecule has 0 aliphatic carbocycles. The largest absolute Gasteiger partial charge is 0.504 e. The lowest BCUT2D eigenvalue weighted by Gasteiger charge is -2.11. The molecule has 0 saturated carbocycles. The predicted octanol–water partition coefficient (Wildman–Crippen LogP) is 2.43. The maximum Gasteiger partial charge on any atom is 0.340 e. The Kier molecular flexibility index (Phi) is 6.15. The maximum atomic E-state index is 12.4. The zero-order valence-electron chi connectivity index (χ0n) is 16.9. The highest BCUT2D eigenvalue weighted by Gasteiger charge is 2.18. The molecule has 0 spiro atoms. The number of amides is 1. The summed E-state index contributed by atoms with van der Waals surface area (Å²) in [6, 6.07) is 8.36. The second-order valence-corrected chi connectivity index (χ2v) is 6.77. The van der Waals surface area contributed by atoms with Crippen LogP contribution in [-0.4, -0.2) is 36.9 Å². The van der Waals surface area contributed by atoms with Gasteiger partial charge < -0.3 is 29.4 Å². The molecule has 0 fully saturated rings. The number of nitrogens with one attached hydrogen (secondary N) is 1. The average molecular weight is 413 g/mol. The van der Waals surface area contributed by atoms with Crippen LogP contribution in [0.5, 0.6) is 23.0 Å². The predicted molar refractivity (Wildman–Crippen MR) is 111 cm³/mol. The fraction of sp³-hybridized carbons (Fsp3) is 0.273. The first-order valence-corrected chi connectivity index (χ1v) is 9.30. The molecule has 0 unspecified atom stereocenters. The van der Waals surface area contributed by atoms with E-state index in [1.54, 1.807) is 27.2 Å². The zero-order chi connectivity index (χ0) is 21.8. The molecule has 158 valence electrons. The number of fused-ring (bicyclic) bond motifs is 1. The Morgan fingerprint density at radius 3 is 2.53 bits per heavy atom. The van der Waals surface area contributed by atoms with Crippen LogP contribution in [0.2, 0.25) is 0 Å². The molecular formula is C22H23NO7. The van der Waals surface area contributed by atoms with Crippen molar-refractivity contribution in [3.05, 3.63) is 57.4 Å². The molecular weight excluding hydrogens is 390 g/mol. The molecule has 30 heavy (non-hydrogen) atoms. The van der Waals surface area contributed by atoms with Crippen LogP contribution in [0.1, 0.15) is 16.7 Å². The monoisotopic (exact) mass is 413 g/mol. The number of benzene rings is 2. The minimum Gasteiger partial charge on any atom is -0.504 e. The fourth-order valence-electron chi connectivity index (χ4n) is 3.24. The summed E-state index contributed by atoms with van der Waals surface area (Å²) in [5.41, 5.74) is 0.860. The molecule has 0 radical (unpaired) electrons. The molecule has 0 aliphatic heterocycles. The van der Waals surface area contributed by atoms with E-state index in [1.807, 2.05) is 12.1 Å². The lowest BCUT2D eigenvalue weighted by atomic mass is 10.0. The van der Waals surface area contributed by atoms with Gasteiger partial charge in [0, 0.05) is 11.9 Å². The van der Waals surface area contributed by atoms with Crippen LogP contribution in [0.25, 0.3) is 11.0 Å². The summed E-state index contributed by atoms with van der Waals surface area (Å²) in [6.07, 6.45) is 0.419. The van der Waals surface area contributed by atoms with Gasteiger partial charge in [-0.25, -0.2) is 4.79 Å². The van der Waals surface area contributed by atoms with Crippen molar-refractivity contribution < 1.29 is 28.9 Å². The first-order chi connectivity index (χ1) is 14.3. The fourth-order valence-corrected chi connectivity index (χ4v) is 3.24. The van der Waals surface area contributed by atoms with Crippen molar-refractivity contribution >= 4 is 16.9 Å². The Morgan fingerprint density at radius 2 is 1.83 bits per heavy atom. The standard InChI is InChI=1S/C22H23NO7/c1-12-14-5-6-16(24)20(26)21(14)30-22(27)15(12)11-19(25)23-9-8-13-4-7-17(28-2)18(10-13)29-3/h4-7,10,24,26H,8-9,11H2,1-3H3,(H,23,25). The average Bonchev–Trinajstić information content (AvgIpc) is 2.74. The molecule has 3 rings (SSSR count). The third-order valence-corrected chi connectivity index (χ3v) is 4.93. The number of phenols is 2. The molecule has 1 heterocycles. The van der Waals surface area contributed by atoms with Crippen LogP contribution in [0.4, 0.5) is 0 Å². The van der Waals surface area contributed by atoms with Gasteiger partial charge in [-0.3, -0.25) is 4.79 Å². The summed E-state index contributed by atoms with van der Waals surface area (Å²) in [7, 11) is 3.12. The number of aromatic hydroxyl groups is 2. The number of phenolic OH excluding ortho intramolecular Hbond substituents is 2. The number of aryl methyl sites for hydroxylation is 1. The van der Waals surface area contributed by atoms with Gasteiger partial charge >= 0.3 is 5.63 Å². The second-order valence-electron chi connectivity index (χ2n) is 6.77. The summed E-state index contributed by atoms with van der Waals surface area (Å²) in [5, 5.41) is 22.7. The van der Waals surface area contributed by atoms with Crippen LogP contribution in [0, 0.1) is 6.92 Å². The molecule has 8 nitrogen and oxygen atoms in total. The van der Waals surface area contributed by atoms with Crippen LogP contribution in [-0.2, 0) is 17.6 Å². The molecule has 1 aromatic heterocycles. The number of hydrogen-bond acceptors (Lipinski definition) is 7. The van der Waals surface area contributed by atoms with Gasteiger partial charge in [0.2, 0.25) is 11.7 Å². The Balaban J connectivity index is 1.69. The Labute approximate surface area is 172 Å². The smallest absolute Gasteiger partial charge is 0.340 e. The number of rotatable bonds is 7. The topological polar surface area (TPSA) is 118 Å². The third kappa shape index (κ3) is 4.17. The maximum absolute atomic E-state index is 12.4. The molecule has 3 N–H and O–H groups in total. The van der Waals surface area contributed by atoms with E-state index in [0.29, 0.717) is 35.4 Å². The van der Waals surface area contributed by atoms with E-state index in [-0.39, 0.29) is 29.2 Å². The van der Waals surface area contributed by atoms with Crippen molar-refractivity contribution in [3.8, 4) is 23.0 Å². The summed E-state index contributed by atoms with van der Waals surface area (Å²) in [6.45, 7) is 2.04. The minimum absolute atomic E-state index is 0.102. The van der Waals surface area contributed by atoms with E-state index in [9.17, 15) is 19.8 Å². The lowest BCUT2D eigenvalue weighted by Crippen LogP contribution is -2.29. The molecule has 3 aromatic rings. The van der Waals surface area contributed by atoms with Crippen molar-refractivity contribution in [3.63, 3.8) is 0 Å². The number of hydrogen-bond donors (Lipinski definition) is 3. The minimum atomic E-state index is -0.726. The van der Waals surface area contributed by atoms with Gasteiger partial charge in [0.25, 0.3) is 0 Å². The van der Waals surface area contributed by atoms with Crippen LogP contribution in [0.3, 0.4) is 0 Å². The van der Waals surface area contributed by atoms with Crippen molar-refractivity contribution in [1.82, 2.24) is 5.32 Å². The molecule has 0 saturated heterocycles. The highest BCUT2D eigenvalue weighted by atomic mass is 16.5. The quantitative estimate of drug-likeness (QED) is 0.402. The van der Waals surface area contributed by atoms with Gasteiger partial charge in [0.1, 0.15) is 0 Å². The van der Waals surface area contributed by atoms with Gasteiger partial charge in [0.15, 0.2) is 22.8 Å². The highest BCUT2D eigenvalue weighted by molar-refractivity contribution is 5.89. The normalized spacial score (nSPS) is 10.8. The summed E-state index contributed by atoms with van der Waals surface area (Å²) in [5.74, 6) is 0.0284. The number of ether oxygens (including phenoxy) is 2. The van der Waals surface area contributed by atoms with Gasteiger partial charge in [-0.1, -0.05) is 6.07 Å². The van der Waals surface area contributed by atoms with E-state index >= 15 is 0 Å². The van der Waals surface area contributed by atoms with Crippen molar-refractivity contribution in [2.45, 2.75) is 19.8 Å². The van der Waals surface area contributed by atoms with Crippen molar-refractivity contribution in [2.24, 2.45) is 0 Å². The lowest BCUT2D eigenvalue weighted by molar-refractivity contribution is -0.120.